The van der Waals surface area contributed by atoms with Crippen LogP contribution in [0.1, 0.15) is 45.4 Å². The summed E-state index contributed by atoms with van der Waals surface area (Å²) in [6.07, 6.45) is 9.63. The van der Waals surface area contributed by atoms with E-state index >= 15 is 0 Å². The summed E-state index contributed by atoms with van der Waals surface area (Å²) in [4.78, 5) is 0. The Hall–Kier alpha value is -1.18. The molecule has 0 radical (unpaired) electrons. The van der Waals surface area contributed by atoms with Gasteiger partial charge >= 0.3 is 197 Å². The standard InChI is InChI=1S/C28H34IP/c1-2-12-24-19-21-25(22-20-24)23-30(29,26-13-6-3-7-14-26,27-15-8-4-9-16-27)28-17-10-5-11-18-28/h3-11,13-18,24-25H,2,12,19-23H2,1H3. The molecule has 0 N–H and O–H groups in total. The van der Waals surface area contributed by atoms with Gasteiger partial charge in [-0.15, -0.1) is 0 Å². The first kappa shape index (κ1) is 22.0. The topological polar surface area (TPSA) is 0 Å². The molecule has 3 aromatic carbocycles. The van der Waals surface area contributed by atoms with E-state index in [1.165, 1.54) is 60.6 Å². The Morgan fingerprint density at radius 2 is 1.00 bits per heavy atom. The van der Waals surface area contributed by atoms with Crippen LogP contribution in [0.4, 0.5) is 0 Å². The Morgan fingerprint density at radius 1 is 0.633 bits per heavy atom. The third kappa shape index (κ3) is 4.13. The molecular weight excluding hydrogens is 494 g/mol. The van der Waals surface area contributed by atoms with Gasteiger partial charge in [0.2, 0.25) is 0 Å². The van der Waals surface area contributed by atoms with Gasteiger partial charge in [-0.25, -0.2) is 0 Å². The van der Waals surface area contributed by atoms with Crippen molar-refractivity contribution in [3.8, 4) is 0 Å². The molecule has 30 heavy (non-hydrogen) atoms. The molecule has 4 rings (SSSR count). The van der Waals surface area contributed by atoms with Gasteiger partial charge in [-0.1, -0.05) is 0 Å². The molecule has 158 valence electrons. The van der Waals surface area contributed by atoms with Crippen LogP contribution in [0.3, 0.4) is 0 Å². The van der Waals surface area contributed by atoms with Crippen LogP contribution in [0.5, 0.6) is 0 Å². The Balaban J connectivity index is 1.84. The second kappa shape index (κ2) is 9.53. The quantitative estimate of drug-likeness (QED) is 0.221. The second-order valence-electron chi connectivity index (χ2n) is 9.05. The molecule has 0 saturated heterocycles. The van der Waals surface area contributed by atoms with Crippen molar-refractivity contribution in [1.82, 2.24) is 0 Å². The van der Waals surface area contributed by atoms with Gasteiger partial charge in [0.25, 0.3) is 0 Å². The van der Waals surface area contributed by atoms with Crippen LogP contribution in [0.15, 0.2) is 91.0 Å². The van der Waals surface area contributed by atoms with Crippen molar-refractivity contribution in [2.75, 3.05) is 6.16 Å². The predicted molar refractivity (Wildman–Crippen MR) is 144 cm³/mol. The molecule has 0 bridgehead atoms. The number of halogens is 1. The zero-order valence-corrected chi connectivity index (χ0v) is 21.1. The average Bonchev–Trinajstić information content (AvgIpc) is 2.82. The molecule has 1 saturated carbocycles. The molecule has 0 unspecified atom stereocenters. The summed E-state index contributed by atoms with van der Waals surface area (Å²) in [5.74, 6) is 1.75. The van der Waals surface area contributed by atoms with Crippen molar-refractivity contribution >= 4 is 42.2 Å². The van der Waals surface area contributed by atoms with Crippen molar-refractivity contribution in [2.24, 2.45) is 11.8 Å². The van der Waals surface area contributed by atoms with Crippen molar-refractivity contribution in [2.45, 2.75) is 45.4 Å². The van der Waals surface area contributed by atoms with Gasteiger partial charge < -0.3 is 0 Å². The molecule has 0 amide bonds. The molecule has 1 aliphatic carbocycles. The summed E-state index contributed by atoms with van der Waals surface area (Å²) in [5, 5.41) is 4.58. The van der Waals surface area contributed by atoms with Crippen LogP contribution >= 0.6 is 26.3 Å². The zero-order chi connectivity index (χ0) is 20.9. The average molecular weight is 528 g/mol. The summed E-state index contributed by atoms with van der Waals surface area (Å²) in [5.41, 5.74) is 0. The van der Waals surface area contributed by atoms with E-state index in [0.29, 0.717) is 0 Å². The first-order valence-corrected chi connectivity index (χ1v) is 16.8. The first-order chi connectivity index (χ1) is 14.6. The summed E-state index contributed by atoms with van der Waals surface area (Å²) < 4.78 is -2.60. The third-order valence-corrected chi connectivity index (χ3v) is 18.7. The normalized spacial score (nSPS) is 20.9. The van der Waals surface area contributed by atoms with E-state index in [1.54, 1.807) is 0 Å². The van der Waals surface area contributed by atoms with Gasteiger partial charge in [-0.3, -0.25) is 0 Å². The minimum absolute atomic E-state index is 0.799. The maximum absolute atomic E-state index is 2.96. The molecule has 0 spiro atoms. The van der Waals surface area contributed by atoms with Crippen molar-refractivity contribution < 1.29 is 0 Å². The fraction of sp³-hybridized carbons (Fsp3) is 0.357. The molecule has 0 aromatic heterocycles. The molecule has 1 aliphatic rings. The van der Waals surface area contributed by atoms with E-state index < -0.39 is 4.25 Å². The van der Waals surface area contributed by atoms with Gasteiger partial charge in [0, 0.05) is 0 Å². The summed E-state index contributed by atoms with van der Waals surface area (Å²) in [6, 6.07) is 34.3. The molecule has 3 aromatic rings. The van der Waals surface area contributed by atoms with Crippen molar-refractivity contribution in [3.05, 3.63) is 91.0 Å². The van der Waals surface area contributed by atoms with E-state index in [-0.39, 0.29) is 0 Å². The predicted octanol–water partition coefficient (Wildman–Crippen LogP) is 7.47. The number of hydrogen-bond acceptors (Lipinski definition) is 0. The molecular formula is C28H34IP. The molecule has 0 heterocycles. The van der Waals surface area contributed by atoms with E-state index in [2.05, 4.69) is 120 Å². The van der Waals surface area contributed by atoms with Crippen molar-refractivity contribution in [3.63, 3.8) is 0 Å². The van der Waals surface area contributed by atoms with E-state index in [4.69, 9.17) is 0 Å². The zero-order valence-electron chi connectivity index (χ0n) is 18.1. The van der Waals surface area contributed by atoms with Crippen molar-refractivity contribution in [1.29, 1.82) is 0 Å². The van der Waals surface area contributed by atoms with Gasteiger partial charge in [0.1, 0.15) is 0 Å². The van der Waals surface area contributed by atoms with Crippen LogP contribution in [0.25, 0.3) is 0 Å². The van der Waals surface area contributed by atoms with E-state index in [9.17, 15) is 0 Å². The Morgan fingerprint density at radius 3 is 1.37 bits per heavy atom. The number of rotatable bonds is 7. The van der Waals surface area contributed by atoms with Gasteiger partial charge in [-0.2, -0.15) is 0 Å². The summed E-state index contributed by atoms with van der Waals surface area (Å²) in [7, 11) is 0. The molecule has 0 nitrogen and oxygen atoms in total. The maximum atomic E-state index is 2.96. The molecule has 1 fully saturated rings. The van der Waals surface area contributed by atoms with Crippen LogP contribution in [0.2, 0.25) is 0 Å². The van der Waals surface area contributed by atoms with Gasteiger partial charge in [-0.05, 0) is 0 Å². The number of hydrogen-bond donors (Lipinski definition) is 0. The first-order valence-electron chi connectivity index (χ1n) is 11.5. The number of benzene rings is 3. The summed E-state index contributed by atoms with van der Waals surface area (Å²) >= 11 is 2.96. The Labute approximate surface area is 195 Å². The van der Waals surface area contributed by atoms with Gasteiger partial charge in [0.15, 0.2) is 0 Å². The Kier molecular flexibility index (Phi) is 7.00. The van der Waals surface area contributed by atoms with E-state index in [1.807, 2.05) is 0 Å². The third-order valence-electron chi connectivity index (χ3n) is 7.15. The van der Waals surface area contributed by atoms with Crippen LogP contribution < -0.4 is 15.9 Å². The Bertz CT molecular complexity index is 815. The second-order valence-corrected chi connectivity index (χ2v) is 19.7. The van der Waals surface area contributed by atoms with Crippen LogP contribution in [0, 0.1) is 11.8 Å². The SMILES string of the molecule is CCCC1CCC(CP(I)(c2ccccc2)(c2ccccc2)c2ccccc2)CC1. The molecule has 0 aliphatic heterocycles. The fourth-order valence-corrected chi connectivity index (χ4v) is 15.4. The van der Waals surface area contributed by atoms with E-state index in [0.717, 1.165) is 11.8 Å². The van der Waals surface area contributed by atoms with Crippen LogP contribution in [-0.4, -0.2) is 6.16 Å². The van der Waals surface area contributed by atoms with Crippen LogP contribution in [-0.2, 0) is 0 Å². The summed E-state index contributed by atoms with van der Waals surface area (Å²) in [6.45, 7) is 2.34. The monoisotopic (exact) mass is 528 g/mol. The minimum atomic E-state index is -2.60. The molecule has 2 heteroatoms. The molecule has 0 atom stereocenters. The fourth-order valence-electron chi connectivity index (χ4n) is 5.58. The van der Waals surface area contributed by atoms with Gasteiger partial charge in [0.05, 0.1) is 0 Å².